The number of benzene rings is 1. The number of nitrogens with one attached hydrogen (secondary N) is 2. The van der Waals surface area contributed by atoms with Crippen LogP contribution in [0.2, 0.25) is 0 Å². The summed E-state index contributed by atoms with van der Waals surface area (Å²) in [6.07, 6.45) is 0. The van der Waals surface area contributed by atoms with E-state index in [2.05, 4.69) is 48.2 Å². The van der Waals surface area contributed by atoms with E-state index < -0.39 is 0 Å². The Hall–Kier alpha value is -1.68. The third kappa shape index (κ3) is 3.64. The van der Waals surface area contributed by atoms with Crippen LogP contribution in [-0.2, 0) is 0 Å². The first-order chi connectivity index (χ1) is 9.06. The van der Waals surface area contributed by atoms with Crippen LogP contribution >= 0.6 is 12.2 Å². The Kier molecular flexibility index (Phi) is 4.32. The largest absolute Gasteiger partial charge is 0.365 e. The summed E-state index contributed by atoms with van der Waals surface area (Å²) in [5, 5.41) is 3.43. The van der Waals surface area contributed by atoms with Gasteiger partial charge in [-0.3, -0.25) is 0 Å². The molecule has 0 aliphatic rings. The van der Waals surface area contributed by atoms with Gasteiger partial charge in [0.15, 0.2) is 0 Å². The molecule has 0 saturated carbocycles. The molecule has 0 radical (unpaired) electrons. The summed E-state index contributed by atoms with van der Waals surface area (Å²) in [6.45, 7) is 6.32. The third-order valence-electron chi connectivity index (χ3n) is 2.98. The standard InChI is InChI=1S/C15H19N3S/c1-10(2)15-17-13(9-14(19)18-15)16-11(3)12-7-5-4-6-8-12/h4-11H,1-3H3,(H2,16,17,18,19). The lowest BCUT2D eigenvalue weighted by atomic mass is 10.1. The number of hydrogen-bond acceptors (Lipinski definition) is 3. The number of anilines is 1. The molecule has 2 N–H and O–H groups in total. The van der Waals surface area contributed by atoms with Gasteiger partial charge >= 0.3 is 0 Å². The van der Waals surface area contributed by atoms with Crippen LogP contribution in [0.3, 0.4) is 0 Å². The minimum absolute atomic E-state index is 0.217. The summed E-state index contributed by atoms with van der Waals surface area (Å²) in [6, 6.07) is 12.4. The van der Waals surface area contributed by atoms with Gasteiger partial charge in [-0.25, -0.2) is 4.98 Å². The lowest BCUT2D eigenvalue weighted by Crippen LogP contribution is -2.10. The number of nitrogens with zero attached hydrogens (tertiary/aromatic N) is 1. The Morgan fingerprint density at radius 2 is 1.84 bits per heavy atom. The van der Waals surface area contributed by atoms with E-state index in [0.29, 0.717) is 10.6 Å². The molecule has 1 unspecified atom stereocenters. The zero-order chi connectivity index (χ0) is 13.8. The summed E-state index contributed by atoms with van der Waals surface area (Å²) in [5.41, 5.74) is 1.24. The van der Waals surface area contributed by atoms with Crippen LogP contribution in [0.1, 0.15) is 44.1 Å². The third-order valence-corrected chi connectivity index (χ3v) is 3.19. The van der Waals surface area contributed by atoms with Gasteiger partial charge in [-0.15, -0.1) is 0 Å². The molecule has 2 aromatic rings. The molecule has 1 heterocycles. The number of H-pyrrole nitrogens is 1. The van der Waals surface area contributed by atoms with Gasteiger partial charge in [0.1, 0.15) is 16.3 Å². The van der Waals surface area contributed by atoms with Crippen molar-refractivity contribution >= 4 is 18.0 Å². The average molecular weight is 273 g/mol. The van der Waals surface area contributed by atoms with Gasteiger partial charge in [0.2, 0.25) is 0 Å². The maximum atomic E-state index is 5.20. The maximum Gasteiger partial charge on any atom is 0.131 e. The molecule has 1 atom stereocenters. The lowest BCUT2D eigenvalue weighted by molar-refractivity contribution is 0.765. The second-order valence-electron chi connectivity index (χ2n) is 4.95. The molecule has 0 saturated heterocycles. The van der Waals surface area contributed by atoms with Gasteiger partial charge in [0.05, 0.1) is 0 Å². The van der Waals surface area contributed by atoms with E-state index in [1.54, 1.807) is 0 Å². The Morgan fingerprint density at radius 3 is 2.47 bits per heavy atom. The molecule has 19 heavy (non-hydrogen) atoms. The Labute approximate surface area is 119 Å². The van der Waals surface area contributed by atoms with Gasteiger partial charge in [0.25, 0.3) is 0 Å². The van der Waals surface area contributed by atoms with E-state index >= 15 is 0 Å². The van der Waals surface area contributed by atoms with Crippen molar-refractivity contribution in [2.24, 2.45) is 0 Å². The summed E-state index contributed by atoms with van der Waals surface area (Å²) in [5.74, 6) is 2.16. The monoisotopic (exact) mass is 273 g/mol. The summed E-state index contributed by atoms with van der Waals surface area (Å²) >= 11 is 5.20. The first-order valence-electron chi connectivity index (χ1n) is 6.49. The molecule has 1 aromatic carbocycles. The van der Waals surface area contributed by atoms with Crippen molar-refractivity contribution in [1.82, 2.24) is 9.97 Å². The minimum Gasteiger partial charge on any atom is -0.365 e. The second kappa shape index (κ2) is 5.97. The molecule has 3 nitrogen and oxygen atoms in total. The van der Waals surface area contributed by atoms with E-state index in [4.69, 9.17) is 12.2 Å². The van der Waals surface area contributed by atoms with Gasteiger partial charge in [0, 0.05) is 18.0 Å². The number of hydrogen-bond donors (Lipinski definition) is 2. The van der Waals surface area contributed by atoms with E-state index in [9.17, 15) is 0 Å². The highest BCUT2D eigenvalue weighted by molar-refractivity contribution is 7.71. The highest BCUT2D eigenvalue weighted by Crippen LogP contribution is 2.19. The van der Waals surface area contributed by atoms with Crippen molar-refractivity contribution in [3.8, 4) is 0 Å². The van der Waals surface area contributed by atoms with Crippen LogP contribution in [0.15, 0.2) is 36.4 Å². The van der Waals surface area contributed by atoms with Gasteiger partial charge in [-0.1, -0.05) is 56.4 Å². The number of aromatic nitrogens is 2. The molecule has 4 heteroatoms. The fraction of sp³-hybridized carbons (Fsp3) is 0.333. The SMILES string of the molecule is CC(C)c1nc(=S)cc(NC(C)c2ccccc2)[nH]1. The topological polar surface area (TPSA) is 40.7 Å². The van der Waals surface area contributed by atoms with Crippen molar-refractivity contribution in [3.05, 3.63) is 52.4 Å². The first kappa shape index (κ1) is 13.7. The van der Waals surface area contributed by atoms with E-state index in [0.717, 1.165) is 11.6 Å². The molecule has 0 aliphatic heterocycles. The molecular formula is C15H19N3S. The predicted octanol–water partition coefficient (Wildman–Crippen LogP) is 4.44. The lowest BCUT2D eigenvalue weighted by Gasteiger charge is -2.16. The van der Waals surface area contributed by atoms with Crippen LogP contribution in [0.4, 0.5) is 5.82 Å². The van der Waals surface area contributed by atoms with Gasteiger partial charge in [-0.2, -0.15) is 0 Å². The van der Waals surface area contributed by atoms with E-state index in [1.807, 2.05) is 24.3 Å². The predicted molar refractivity (Wildman–Crippen MR) is 82.0 cm³/mol. The van der Waals surface area contributed by atoms with Crippen LogP contribution < -0.4 is 5.32 Å². The van der Waals surface area contributed by atoms with Crippen molar-refractivity contribution < 1.29 is 0 Å². The highest BCUT2D eigenvalue weighted by Gasteiger charge is 2.07. The van der Waals surface area contributed by atoms with E-state index in [1.165, 1.54) is 5.56 Å². The van der Waals surface area contributed by atoms with Gasteiger partial charge in [-0.05, 0) is 12.5 Å². The van der Waals surface area contributed by atoms with Crippen molar-refractivity contribution in [2.75, 3.05) is 5.32 Å². The fourth-order valence-electron chi connectivity index (χ4n) is 1.89. The number of aromatic amines is 1. The van der Waals surface area contributed by atoms with Crippen molar-refractivity contribution in [3.63, 3.8) is 0 Å². The zero-order valence-corrected chi connectivity index (χ0v) is 12.3. The number of rotatable bonds is 4. The smallest absolute Gasteiger partial charge is 0.131 e. The van der Waals surface area contributed by atoms with Crippen LogP contribution in [0.25, 0.3) is 0 Å². The average Bonchev–Trinajstić information content (AvgIpc) is 2.39. The molecule has 0 fully saturated rings. The highest BCUT2D eigenvalue weighted by atomic mass is 32.1. The molecule has 0 bridgehead atoms. The molecule has 0 aliphatic carbocycles. The molecule has 2 rings (SSSR count). The zero-order valence-electron chi connectivity index (χ0n) is 11.5. The Balaban J connectivity index is 2.22. The first-order valence-corrected chi connectivity index (χ1v) is 6.90. The van der Waals surface area contributed by atoms with Crippen molar-refractivity contribution in [1.29, 1.82) is 0 Å². The van der Waals surface area contributed by atoms with Crippen molar-refractivity contribution in [2.45, 2.75) is 32.7 Å². The second-order valence-corrected chi connectivity index (χ2v) is 5.37. The fourth-order valence-corrected chi connectivity index (χ4v) is 2.10. The van der Waals surface area contributed by atoms with E-state index in [-0.39, 0.29) is 6.04 Å². The summed E-state index contributed by atoms with van der Waals surface area (Å²) in [7, 11) is 0. The summed E-state index contributed by atoms with van der Waals surface area (Å²) in [4.78, 5) is 7.63. The van der Waals surface area contributed by atoms with Crippen LogP contribution in [0, 0.1) is 4.64 Å². The molecule has 100 valence electrons. The maximum absolute atomic E-state index is 5.20. The molecular weight excluding hydrogens is 254 g/mol. The van der Waals surface area contributed by atoms with Crippen LogP contribution in [0.5, 0.6) is 0 Å². The normalized spacial score (nSPS) is 12.4. The molecule has 0 amide bonds. The van der Waals surface area contributed by atoms with Crippen LogP contribution in [-0.4, -0.2) is 9.97 Å². The Morgan fingerprint density at radius 1 is 1.16 bits per heavy atom. The molecule has 0 spiro atoms. The summed E-state index contributed by atoms with van der Waals surface area (Å²) < 4.78 is 0.616. The molecule has 1 aromatic heterocycles. The quantitative estimate of drug-likeness (QED) is 0.809. The Bertz CT molecular complexity index is 590. The minimum atomic E-state index is 0.217. The van der Waals surface area contributed by atoms with Gasteiger partial charge < -0.3 is 10.3 Å².